The lowest BCUT2D eigenvalue weighted by Crippen LogP contribution is -2.48. The molecule has 6 rings (SSSR count). The normalized spacial score (nSPS) is 14.2. The van der Waals surface area contributed by atoms with Crippen molar-refractivity contribution in [2.24, 2.45) is 0 Å². The summed E-state index contributed by atoms with van der Waals surface area (Å²) in [5, 5.41) is 17.6. The standard InChI is InChI=1S/C31H34N8O/c1-22-28(23(2)38(34-22)30-15-14-29-33-32-24(3)39(29)35-30)13-16-31(40)37-19-17-36(18-20-37)21-25-9-11-27(12-10-25)26-7-5-4-6-8-26/h4-12,14-15H,13,16-21H2,1-3H3. The Morgan fingerprint density at radius 3 is 2.27 bits per heavy atom. The van der Waals surface area contributed by atoms with E-state index in [2.05, 4.69) is 68.7 Å². The summed E-state index contributed by atoms with van der Waals surface area (Å²) in [5.74, 6) is 1.64. The number of hydrogen-bond donors (Lipinski definition) is 0. The molecule has 0 unspecified atom stereocenters. The zero-order valence-corrected chi connectivity index (χ0v) is 23.3. The van der Waals surface area contributed by atoms with Crippen LogP contribution in [0.5, 0.6) is 0 Å². The summed E-state index contributed by atoms with van der Waals surface area (Å²) in [7, 11) is 0. The number of hydrogen-bond acceptors (Lipinski definition) is 6. The van der Waals surface area contributed by atoms with Crippen LogP contribution in [-0.4, -0.2) is 71.5 Å². The van der Waals surface area contributed by atoms with Crippen molar-refractivity contribution in [3.05, 3.63) is 95.1 Å². The van der Waals surface area contributed by atoms with E-state index in [0.717, 1.165) is 55.5 Å². The quantitative estimate of drug-likeness (QED) is 0.312. The zero-order chi connectivity index (χ0) is 27.6. The molecule has 1 amide bonds. The summed E-state index contributed by atoms with van der Waals surface area (Å²) >= 11 is 0. The molecule has 9 heteroatoms. The fourth-order valence-corrected chi connectivity index (χ4v) is 5.50. The van der Waals surface area contributed by atoms with Crippen LogP contribution in [0.4, 0.5) is 0 Å². The van der Waals surface area contributed by atoms with Crippen molar-refractivity contribution in [3.63, 3.8) is 0 Å². The van der Waals surface area contributed by atoms with Gasteiger partial charge in [0.05, 0.1) is 5.69 Å². The van der Waals surface area contributed by atoms with E-state index in [4.69, 9.17) is 5.10 Å². The molecule has 0 spiro atoms. The van der Waals surface area contributed by atoms with Gasteiger partial charge >= 0.3 is 0 Å². The van der Waals surface area contributed by atoms with Gasteiger partial charge in [0.2, 0.25) is 5.91 Å². The molecule has 0 atom stereocenters. The van der Waals surface area contributed by atoms with Crippen molar-refractivity contribution in [3.8, 4) is 16.9 Å². The molecule has 204 valence electrons. The predicted octanol–water partition coefficient (Wildman–Crippen LogP) is 4.18. The maximum absolute atomic E-state index is 13.1. The highest BCUT2D eigenvalue weighted by molar-refractivity contribution is 5.76. The lowest BCUT2D eigenvalue weighted by molar-refractivity contribution is -0.133. The first-order valence-electron chi connectivity index (χ1n) is 13.9. The predicted molar refractivity (Wildman–Crippen MR) is 154 cm³/mol. The maximum atomic E-state index is 13.1. The Bertz CT molecular complexity index is 1630. The minimum Gasteiger partial charge on any atom is -0.340 e. The van der Waals surface area contributed by atoms with Gasteiger partial charge in [0.25, 0.3) is 0 Å². The monoisotopic (exact) mass is 534 g/mol. The number of amides is 1. The average Bonchev–Trinajstić information content (AvgIpc) is 3.50. The summed E-state index contributed by atoms with van der Waals surface area (Å²) in [6.45, 7) is 10.1. The molecule has 9 nitrogen and oxygen atoms in total. The molecule has 4 heterocycles. The van der Waals surface area contributed by atoms with E-state index in [1.54, 1.807) is 4.52 Å². The van der Waals surface area contributed by atoms with E-state index >= 15 is 0 Å². The molecule has 0 bridgehead atoms. The number of carbonyl (C=O) groups is 1. The number of rotatable bonds is 7. The number of carbonyl (C=O) groups excluding carboxylic acids is 1. The van der Waals surface area contributed by atoms with E-state index in [0.29, 0.717) is 24.3 Å². The van der Waals surface area contributed by atoms with Gasteiger partial charge in [-0.1, -0.05) is 54.6 Å². The van der Waals surface area contributed by atoms with Crippen molar-refractivity contribution in [2.75, 3.05) is 26.2 Å². The highest BCUT2D eigenvalue weighted by Gasteiger charge is 2.22. The maximum Gasteiger partial charge on any atom is 0.222 e. The summed E-state index contributed by atoms with van der Waals surface area (Å²) in [6.07, 6.45) is 1.14. The molecule has 0 radical (unpaired) electrons. The molecule has 0 aliphatic carbocycles. The smallest absolute Gasteiger partial charge is 0.222 e. The van der Waals surface area contributed by atoms with Crippen molar-refractivity contribution in [1.29, 1.82) is 0 Å². The van der Waals surface area contributed by atoms with Crippen LogP contribution in [0.2, 0.25) is 0 Å². The van der Waals surface area contributed by atoms with Crippen LogP contribution in [-0.2, 0) is 17.8 Å². The van der Waals surface area contributed by atoms with Gasteiger partial charge in [-0.05, 0) is 61.6 Å². The van der Waals surface area contributed by atoms with Gasteiger partial charge in [-0.3, -0.25) is 9.69 Å². The minimum atomic E-state index is 0.207. The van der Waals surface area contributed by atoms with Crippen LogP contribution in [0, 0.1) is 20.8 Å². The lowest BCUT2D eigenvalue weighted by Gasteiger charge is -2.35. The second-order valence-corrected chi connectivity index (χ2v) is 10.5. The highest BCUT2D eigenvalue weighted by Crippen LogP contribution is 2.21. The molecule has 1 aliphatic heterocycles. The first kappa shape index (κ1) is 25.9. The molecule has 3 aromatic heterocycles. The van der Waals surface area contributed by atoms with Crippen molar-refractivity contribution >= 4 is 11.6 Å². The Morgan fingerprint density at radius 1 is 0.800 bits per heavy atom. The van der Waals surface area contributed by atoms with E-state index in [1.165, 1.54) is 16.7 Å². The number of aryl methyl sites for hydroxylation is 2. The van der Waals surface area contributed by atoms with Crippen LogP contribution >= 0.6 is 0 Å². The minimum absolute atomic E-state index is 0.207. The zero-order valence-electron chi connectivity index (χ0n) is 23.3. The van der Waals surface area contributed by atoms with E-state index in [9.17, 15) is 4.79 Å². The molecule has 1 aliphatic rings. The third kappa shape index (κ3) is 5.24. The van der Waals surface area contributed by atoms with E-state index in [-0.39, 0.29) is 5.91 Å². The molecule has 1 fully saturated rings. The SMILES string of the molecule is Cc1nn(-c2ccc3nnc(C)n3n2)c(C)c1CCC(=O)N1CCN(Cc2ccc(-c3ccccc3)cc2)CC1. The summed E-state index contributed by atoms with van der Waals surface area (Å²) < 4.78 is 3.56. The van der Waals surface area contributed by atoms with Crippen LogP contribution in [0.25, 0.3) is 22.6 Å². The molecule has 2 aromatic carbocycles. The highest BCUT2D eigenvalue weighted by atomic mass is 16.2. The third-order valence-corrected chi connectivity index (χ3v) is 7.84. The van der Waals surface area contributed by atoms with Gasteiger partial charge in [-0.25, -0.2) is 4.68 Å². The third-order valence-electron chi connectivity index (χ3n) is 7.84. The summed E-state index contributed by atoms with van der Waals surface area (Å²) in [4.78, 5) is 17.6. The van der Waals surface area contributed by atoms with Crippen LogP contribution < -0.4 is 0 Å². The first-order chi connectivity index (χ1) is 19.5. The van der Waals surface area contributed by atoms with Gasteiger partial charge in [0.15, 0.2) is 17.3 Å². The molecule has 40 heavy (non-hydrogen) atoms. The fourth-order valence-electron chi connectivity index (χ4n) is 5.50. The topological polar surface area (TPSA) is 84.4 Å². The molecular formula is C31H34N8O. The van der Waals surface area contributed by atoms with Gasteiger partial charge in [-0.2, -0.15) is 9.61 Å². The lowest BCUT2D eigenvalue weighted by atomic mass is 10.0. The molecule has 5 aromatic rings. The molecular weight excluding hydrogens is 500 g/mol. The van der Waals surface area contributed by atoms with Crippen LogP contribution in [0.3, 0.4) is 0 Å². The Kier molecular flexibility index (Phi) is 7.13. The Morgan fingerprint density at radius 2 is 1.52 bits per heavy atom. The summed E-state index contributed by atoms with van der Waals surface area (Å²) in [5.41, 5.74) is 7.51. The van der Waals surface area contributed by atoms with E-state index < -0.39 is 0 Å². The number of aromatic nitrogens is 6. The molecule has 0 saturated carbocycles. The first-order valence-corrected chi connectivity index (χ1v) is 13.9. The number of piperazine rings is 1. The number of nitrogens with zero attached hydrogens (tertiary/aromatic N) is 8. The Balaban J connectivity index is 1.02. The van der Waals surface area contributed by atoms with Gasteiger partial charge in [-0.15, -0.1) is 15.3 Å². The molecule has 1 saturated heterocycles. The number of fused-ring (bicyclic) bond motifs is 1. The summed E-state index contributed by atoms with van der Waals surface area (Å²) in [6, 6.07) is 23.1. The van der Waals surface area contributed by atoms with Gasteiger partial charge < -0.3 is 4.90 Å². The largest absolute Gasteiger partial charge is 0.340 e. The van der Waals surface area contributed by atoms with Crippen molar-refractivity contribution in [1.82, 2.24) is 39.4 Å². The average molecular weight is 535 g/mol. The van der Waals surface area contributed by atoms with Crippen molar-refractivity contribution in [2.45, 2.75) is 40.2 Å². The van der Waals surface area contributed by atoms with Crippen molar-refractivity contribution < 1.29 is 4.79 Å². The molecule has 0 N–H and O–H groups in total. The van der Waals surface area contributed by atoms with Gasteiger partial charge in [0.1, 0.15) is 0 Å². The fraction of sp³-hybridized carbons (Fsp3) is 0.323. The Labute approximate surface area is 234 Å². The van der Waals surface area contributed by atoms with Crippen LogP contribution in [0.1, 0.15) is 34.8 Å². The second kappa shape index (κ2) is 11.0. The second-order valence-electron chi connectivity index (χ2n) is 10.5. The Hall–Kier alpha value is -4.37. The number of benzene rings is 2. The van der Waals surface area contributed by atoms with Gasteiger partial charge in [0, 0.05) is 44.8 Å². The van der Waals surface area contributed by atoms with Crippen LogP contribution in [0.15, 0.2) is 66.7 Å². The van der Waals surface area contributed by atoms with E-state index in [1.807, 2.05) is 48.6 Å².